The summed E-state index contributed by atoms with van der Waals surface area (Å²) in [5.41, 5.74) is 5.60. The van der Waals surface area contributed by atoms with Crippen LogP contribution in [0.25, 0.3) is 0 Å². The van der Waals surface area contributed by atoms with Gasteiger partial charge in [0.1, 0.15) is 0 Å². The van der Waals surface area contributed by atoms with Gasteiger partial charge in [0, 0.05) is 12.8 Å². The van der Waals surface area contributed by atoms with Gasteiger partial charge in [0.25, 0.3) is 0 Å². The van der Waals surface area contributed by atoms with Gasteiger partial charge < -0.3 is 15.2 Å². The van der Waals surface area contributed by atoms with Crippen LogP contribution in [0.5, 0.6) is 11.5 Å². The molecule has 0 bridgehead atoms. The third-order valence-corrected chi connectivity index (χ3v) is 3.49. The number of methoxy groups -OCH3 is 1. The number of aromatic nitrogens is 3. The van der Waals surface area contributed by atoms with Crippen LogP contribution in [-0.2, 0) is 7.05 Å². The maximum absolute atomic E-state index is 5.66. The number of benzene rings is 1. The quantitative estimate of drug-likeness (QED) is 0.639. The van der Waals surface area contributed by atoms with Crippen LogP contribution in [0, 0.1) is 0 Å². The molecule has 2 rings (SSSR count). The zero-order valence-corrected chi connectivity index (χ0v) is 11.7. The Morgan fingerprint density at radius 1 is 1.26 bits per heavy atom. The second kappa shape index (κ2) is 6.33. The van der Waals surface area contributed by atoms with Gasteiger partial charge in [-0.2, -0.15) is 0 Å². The molecule has 1 heterocycles. The number of ether oxygens (including phenoxy) is 2. The Labute approximate surface area is 115 Å². The molecule has 0 aliphatic rings. The number of anilines is 1. The van der Waals surface area contributed by atoms with Crippen molar-refractivity contribution in [2.24, 2.45) is 7.05 Å². The van der Waals surface area contributed by atoms with Crippen molar-refractivity contribution in [2.45, 2.75) is 5.16 Å². The first-order valence-corrected chi connectivity index (χ1v) is 6.74. The molecule has 0 saturated carbocycles. The van der Waals surface area contributed by atoms with Gasteiger partial charge in [-0.25, -0.2) is 0 Å². The van der Waals surface area contributed by atoms with E-state index in [-0.39, 0.29) is 0 Å². The second-order valence-corrected chi connectivity index (χ2v) is 4.81. The monoisotopic (exact) mass is 280 g/mol. The highest BCUT2D eigenvalue weighted by Crippen LogP contribution is 2.26. The summed E-state index contributed by atoms with van der Waals surface area (Å²) in [6.45, 7) is 0.553. The van der Waals surface area contributed by atoms with Crippen molar-refractivity contribution in [1.29, 1.82) is 0 Å². The fourth-order valence-corrected chi connectivity index (χ4v) is 2.21. The summed E-state index contributed by atoms with van der Waals surface area (Å²) >= 11 is 1.54. The molecule has 6 nitrogen and oxygen atoms in total. The lowest BCUT2D eigenvalue weighted by molar-refractivity contribution is 0.313. The summed E-state index contributed by atoms with van der Waals surface area (Å²) in [7, 11) is 3.46. The average Bonchev–Trinajstić information content (AvgIpc) is 2.76. The number of hydrogen-bond donors (Lipinski definition) is 1. The first kappa shape index (κ1) is 13.5. The number of nitrogen functional groups attached to an aromatic ring is 1. The average molecular weight is 280 g/mol. The van der Waals surface area contributed by atoms with Gasteiger partial charge in [-0.1, -0.05) is 23.9 Å². The van der Waals surface area contributed by atoms with Gasteiger partial charge in [0.05, 0.1) is 13.7 Å². The zero-order valence-electron chi connectivity index (χ0n) is 10.9. The standard InChI is InChI=1S/C12H16N4O2S/c1-16-11(13)14-15-12(16)19-8-7-18-10-6-4-3-5-9(10)17-2/h3-6H,7-8H2,1-2H3,(H2,13,14). The van der Waals surface area contributed by atoms with Crippen LogP contribution in [0.2, 0.25) is 0 Å². The minimum Gasteiger partial charge on any atom is -0.493 e. The van der Waals surface area contributed by atoms with Crippen LogP contribution in [-0.4, -0.2) is 34.2 Å². The molecule has 0 aliphatic heterocycles. The van der Waals surface area contributed by atoms with E-state index in [1.807, 2.05) is 31.3 Å². The van der Waals surface area contributed by atoms with Crippen molar-refractivity contribution in [3.8, 4) is 11.5 Å². The summed E-state index contributed by atoms with van der Waals surface area (Å²) < 4.78 is 12.6. The Morgan fingerprint density at radius 3 is 2.63 bits per heavy atom. The zero-order chi connectivity index (χ0) is 13.7. The van der Waals surface area contributed by atoms with Gasteiger partial charge >= 0.3 is 0 Å². The topological polar surface area (TPSA) is 75.2 Å². The van der Waals surface area contributed by atoms with Crippen LogP contribution in [0.1, 0.15) is 0 Å². The molecule has 1 aromatic heterocycles. The molecule has 102 valence electrons. The minimum atomic E-state index is 0.410. The molecule has 19 heavy (non-hydrogen) atoms. The number of para-hydroxylation sites is 2. The number of hydrogen-bond acceptors (Lipinski definition) is 6. The second-order valence-electron chi connectivity index (χ2n) is 3.75. The van der Waals surface area contributed by atoms with Gasteiger partial charge in [0.15, 0.2) is 16.7 Å². The number of thioether (sulfide) groups is 1. The van der Waals surface area contributed by atoms with E-state index in [1.165, 1.54) is 0 Å². The van der Waals surface area contributed by atoms with Crippen molar-refractivity contribution in [2.75, 3.05) is 25.2 Å². The highest BCUT2D eigenvalue weighted by molar-refractivity contribution is 7.99. The Hall–Kier alpha value is -1.89. The molecule has 0 fully saturated rings. The van der Waals surface area contributed by atoms with E-state index in [4.69, 9.17) is 15.2 Å². The Kier molecular flexibility index (Phi) is 4.51. The Morgan fingerprint density at radius 2 is 2.00 bits per heavy atom. The van der Waals surface area contributed by atoms with Crippen molar-refractivity contribution in [3.63, 3.8) is 0 Å². The molecule has 0 spiro atoms. The lowest BCUT2D eigenvalue weighted by atomic mass is 10.3. The van der Waals surface area contributed by atoms with Gasteiger partial charge in [-0.3, -0.25) is 4.57 Å². The van der Waals surface area contributed by atoms with E-state index in [0.29, 0.717) is 12.6 Å². The van der Waals surface area contributed by atoms with Crippen LogP contribution >= 0.6 is 11.8 Å². The highest BCUT2D eigenvalue weighted by atomic mass is 32.2. The molecular formula is C12H16N4O2S. The summed E-state index contributed by atoms with van der Waals surface area (Å²) in [6, 6.07) is 7.56. The largest absolute Gasteiger partial charge is 0.493 e. The highest BCUT2D eigenvalue weighted by Gasteiger charge is 2.06. The summed E-state index contributed by atoms with van der Waals surface area (Å²) in [5.74, 6) is 2.64. The van der Waals surface area contributed by atoms with Crippen molar-refractivity contribution in [1.82, 2.24) is 14.8 Å². The number of nitrogens with zero attached hydrogens (tertiary/aromatic N) is 3. The van der Waals surface area contributed by atoms with Gasteiger partial charge in [-0.15, -0.1) is 10.2 Å². The van der Waals surface area contributed by atoms with E-state index in [9.17, 15) is 0 Å². The predicted octanol–water partition coefficient (Wildman–Crippen LogP) is 1.58. The van der Waals surface area contributed by atoms with E-state index in [1.54, 1.807) is 23.4 Å². The smallest absolute Gasteiger partial charge is 0.222 e. The SMILES string of the molecule is COc1ccccc1OCCSc1nnc(N)n1C. The number of rotatable bonds is 6. The molecule has 0 amide bonds. The molecular weight excluding hydrogens is 264 g/mol. The molecule has 1 aromatic carbocycles. The van der Waals surface area contributed by atoms with E-state index in [0.717, 1.165) is 22.4 Å². The molecule has 0 unspecified atom stereocenters. The summed E-state index contributed by atoms with van der Waals surface area (Å²) in [5, 5.41) is 8.53. The lowest BCUT2D eigenvalue weighted by Crippen LogP contribution is -2.03. The molecule has 0 aliphatic carbocycles. The van der Waals surface area contributed by atoms with E-state index >= 15 is 0 Å². The van der Waals surface area contributed by atoms with Crippen molar-refractivity contribution < 1.29 is 9.47 Å². The molecule has 2 N–H and O–H groups in total. The Bertz CT molecular complexity index is 544. The molecule has 7 heteroatoms. The van der Waals surface area contributed by atoms with Gasteiger partial charge in [-0.05, 0) is 12.1 Å². The predicted molar refractivity (Wildman–Crippen MR) is 74.6 cm³/mol. The van der Waals surface area contributed by atoms with E-state index < -0.39 is 0 Å². The molecule has 0 radical (unpaired) electrons. The maximum Gasteiger partial charge on any atom is 0.222 e. The van der Waals surface area contributed by atoms with Crippen LogP contribution < -0.4 is 15.2 Å². The van der Waals surface area contributed by atoms with Crippen LogP contribution in [0.3, 0.4) is 0 Å². The molecule has 0 saturated heterocycles. The van der Waals surface area contributed by atoms with Crippen LogP contribution in [0.4, 0.5) is 5.95 Å². The third-order valence-electron chi connectivity index (χ3n) is 2.51. The first-order valence-electron chi connectivity index (χ1n) is 5.76. The Balaban J connectivity index is 1.82. The lowest BCUT2D eigenvalue weighted by Gasteiger charge is -2.09. The normalized spacial score (nSPS) is 10.4. The first-order chi connectivity index (χ1) is 9.22. The fourth-order valence-electron chi connectivity index (χ4n) is 1.47. The molecule has 0 atom stereocenters. The van der Waals surface area contributed by atoms with Crippen molar-refractivity contribution >= 4 is 17.7 Å². The minimum absolute atomic E-state index is 0.410. The molecule has 2 aromatic rings. The van der Waals surface area contributed by atoms with E-state index in [2.05, 4.69) is 10.2 Å². The fraction of sp³-hybridized carbons (Fsp3) is 0.333. The van der Waals surface area contributed by atoms with Gasteiger partial charge in [0.2, 0.25) is 5.95 Å². The van der Waals surface area contributed by atoms with Crippen molar-refractivity contribution in [3.05, 3.63) is 24.3 Å². The third kappa shape index (κ3) is 3.31. The van der Waals surface area contributed by atoms with Crippen LogP contribution in [0.15, 0.2) is 29.4 Å². The summed E-state index contributed by atoms with van der Waals surface area (Å²) in [6.07, 6.45) is 0. The maximum atomic E-state index is 5.66. The number of nitrogens with two attached hydrogens (primary N) is 1. The summed E-state index contributed by atoms with van der Waals surface area (Å²) in [4.78, 5) is 0.